The van der Waals surface area contributed by atoms with Crippen LogP contribution in [0, 0.1) is 6.92 Å². The summed E-state index contributed by atoms with van der Waals surface area (Å²) >= 11 is 0.999. The largest absolute Gasteiger partial charge is 0.480 e. The lowest BCUT2D eigenvalue weighted by Gasteiger charge is -2.36. The number of nitrogens with zero attached hydrogens (tertiary/aromatic N) is 1. The molecule has 0 saturated carbocycles. The fourth-order valence-electron chi connectivity index (χ4n) is 4.92. The van der Waals surface area contributed by atoms with Gasteiger partial charge in [0.1, 0.15) is 5.75 Å². The third-order valence-corrected chi connectivity index (χ3v) is 9.85. The summed E-state index contributed by atoms with van der Waals surface area (Å²) in [5.41, 5.74) is -0.142. The van der Waals surface area contributed by atoms with Crippen molar-refractivity contribution >= 4 is 39.0 Å². The van der Waals surface area contributed by atoms with Gasteiger partial charge in [0.05, 0.1) is 24.1 Å². The smallest absolute Gasteiger partial charge is 0.416 e. The molecule has 14 heteroatoms. The molecule has 1 saturated heterocycles. The van der Waals surface area contributed by atoms with Crippen molar-refractivity contribution in [3.05, 3.63) is 70.1 Å². The molecule has 226 valence electrons. The van der Waals surface area contributed by atoms with Gasteiger partial charge >= 0.3 is 18.1 Å². The highest BCUT2D eigenvalue weighted by atomic mass is 32.2. The number of carbonyl (C=O) groups excluding carboxylic acids is 1. The maximum Gasteiger partial charge on any atom is 0.416 e. The summed E-state index contributed by atoms with van der Waals surface area (Å²) in [6, 6.07) is 10.6. The van der Waals surface area contributed by atoms with Gasteiger partial charge in [0.2, 0.25) is 10.0 Å². The van der Waals surface area contributed by atoms with Crippen LogP contribution in [-0.2, 0) is 31.5 Å². The fourth-order valence-corrected chi connectivity index (χ4v) is 7.97. The molecule has 0 bridgehead atoms. The van der Waals surface area contributed by atoms with E-state index in [0.29, 0.717) is 41.9 Å². The molecule has 1 fully saturated rings. The van der Waals surface area contributed by atoms with Gasteiger partial charge in [0, 0.05) is 16.5 Å². The Kier molecular flexibility index (Phi) is 9.48. The number of ether oxygens (including phenoxy) is 2. The maximum atomic E-state index is 13.9. The van der Waals surface area contributed by atoms with Gasteiger partial charge in [-0.25, -0.2) is 18.0 Å². The number of carboxylic acid groups (broad SMARTS) is 1. The van der Waals surface area contributed by atoms with Crippen molar-refractivity contribution in [2.24, 2.45) is 0 Å². The summed E-state index contributed by atoms with van der Waals surface area (Å²) in [5.74, 6) is -2.78. The van der Waals surface area contributed by atoms with Crippen LogP contribution in [0.4, 0.5) is 18.9 Å². The normalized spacial score (nSPS) is 14.4. The topological polar surface area (TPSA) is 122 Å². The lowest BCUT2D eigenvalue weighted by molar-refractivity contribution is -0.139. The molecular formula is C28H29F3N2O7S2. The zero-order chi connectivity index (χ0) is 30.7. The number of hydrogen-bond donors (Lipinski definition) is 2. The summed E-state index contributed by atoms with van der Waals surface area (Å²) in [6.45, 7) is 2.01. The third-order valence-electron chi connectivity index (χ3n) is 6.77. The summed E-state index contributed by atoms with van der Waals surface area (Å²) in [7, 11) is -3.14. The van der Waals surface area contributed by atoms with E-state index < -0.39 is 52.1 Å². The van der Waals surface area contributed by atoms with Crippen molar-refractivity contribution in [3.63, 3.8) is 0 Å². The number of rotatable bonds is 10. The van der Waals surface area contributed by atoms with Gasteiger partial charge in [-0.1, -0.05) is 30.3 Å². The summed E-state index contributed by atoms with van der Waals surface area (Å²) in [5, 5.41) is 12.2. The van der Waals surface area contributed by atoms with E-state index in [9.17, 15) is 31.2 Å². The monoisotopic (exact) mass is 626 g/mol. The molecule has 1 aliphatic heterocycles. The second-order valence-corrected chi connectivity index (χ2v) is 12.5. The predicted molar refractivity (Wildman–Crippen MR) is 151 cm³/mol. The Morgan fingerprint density at radius 3 is 2.45 bits per heavy atom. The number of thiophene rings is 1. The van der Waals surface area contributed by atoms with Crippen LogP contribution < -0.4 is 14.4 Å². The van der Waals surface area contributed by atoms with E-state index in [1.807, 2.05) is 0 Å². The van der Waals surface area contributed by atoms with Gasteiger partial charge in [0.25, 0.3) is 0 Å². The van der Waals surface area contributed by atoms with E-state index in [-0.39, 0.29) is 21.9 Å². The molecule has 0 atom stereocenters. The number of sulfonamides is 1. The number of carboxylic acids is 1. The fraction of sp³-hybridized carbons (Fsp3) is 0.357. The molecule has 0 aliphatic carbocycles. The van der Waals surface area contributed by atoms with E-state index in [2.05, 4.69) is 5.32 Å². The Balaban J connectivity index is 1.80. The van der Waals surface area contributed by atoms with E-state index in [0.717, 1.165) is 17.4 Å². The third kappa shape index (κ3) is 6.88. The number of methoxy groups -OCH3 is 1. The molecule has 42 heavy (non-hydrogen) atoms. The van der Waals surface area contributed by atoms with Crippen molar-refractivity contribution in [1.29, 1.82) is 0 Å². The minimum Gasteiger partial charge on any atom is -0.480 e. The second kappa shape index (κ2) is 12.7. The number of hydrogen-bond acceptors (Lipinski definition) is 8. The molecule has 2 heterocycles. The van der Waals surface area contributed by atoms with Gasteiger partial charge in [0.15, 0.2) is 11.5 Å². The summed E-state index contributed by atoms with van der Waals surface area (Å²) < 4.78 is 80.4. The predicted octanol–water partition coefficient (Wildman–Crippen LogP) is 5.08. The van der Waals surface area contributed by atoms with Gasteiger partial charge in [-0.3, -0.25) is 4.31 Å². The molecule has 2 N–H and O–H groups in total. The molecule has 9 nitrogen and oxygen atoms in total. The number of benzene rings is 2. The molecule has 4 rings (SSSR count). The van der Waals surface area contributed by atoms with Gasteiger partial charge in [-0.15, -0.1) is 11.3 Å². The van der Waals surface area contributed by atoms with Crippen LogP contribution in [0.1, 0.15) is 39.2 Å². The van der Waals surface area contributed by atoms with Crippen molar-refractivity contribution in [3.8, 4) is 16.2 Å². The molecule has 2 aromatic carbocycles. The average molecular weight is 627 g/mol. The van der Waals surface area contributed by atoms with Crippen LogP contribution in [0.2, 0.25) is 0 Å². The van der Waals surface area contributed by atoms with Gasteiger partial charge < -0.3 is 19.9 Å². The van der Waals surface area contributed by atoms with Gasteiger partial charge in [-0.05, 0) is 62.2 Å². The molecule has 1 aliphatic rings. The van der Waals surface area contributed by atoms with E-state index in [4.69, 9.17) is 14.6 Å². The Morgan fingerprint density at radius 2 is 1.81 bits per heavy atom. The number of nitrogens with one attached hydrogen (secondary N) is 1. The molecule has 3 aromatic rings. The molecular weight excluding hydrogens is 597 g/mol. The highest BCUT2D eigenvalue weighted by molar-refractivity contribution is 7.92. The lowest BCUT2D eigenvalue weighted by atomic mass is 10.0. The second-order valence-electron chi connectivity index (χ2n) is 9.63. The number of aliphatic carboxylic acids is 1. The van der Waals surface area contributed by atoms with Crippen molar-refractivity contribution in [1.82, 2.24) is 5.32 Å². The number of alkyl halides is 3. The van der Waals surface area contributed by atoms with Crippen LogP contribution in [-0.4, -0.2) is 58.3 Å². The quantitative estimate of drug-likeness (QED) is 0.299. The Bertz CT molecular complexity index is 1570. The Hall–Kier alpha value is -3.62. The first-order valence-corrected chi connectivity index (χ1v) is 15.3. The minimum absolute atomic E-state index is 0.0428. The SMILES string of the molecule is COC(=O)c1sc(-c2cccc(N(C3CCNCC3)S(=O)(=O)Cc3ccccc3C(F)(F)F)c2)c(C)c1OCC(=O)O. The first kappa shape index (κ1) is 31.3. The first-order valence-electron chi connectivity index (χ1n) is 12.9. The minimum atomic E-state index is -4.72. The van der Waals surface area contributed by atoms with Crippen LogP contribution in [0.15, 0.2) is 48.5 Å². The standard InChI is InChI=1S/C28H29F3N2O7S2/c1-17-24(40-15-23(34)35)26(27(36)39-2)41-25(17)18-7-5-8-21(14-18)33(20-10-12-32-13-11-20)42(37,38)16-19-6-3-4-9-22(19)28(29,30)31/h3-9,14,20,32H,10-13,15-16H2,1-2H3,(H,34,35). The van der Waals surface area contributed by atoms with Crippen LogP contribution in [0.5, 0.6) is 5.75 Å². The van der Waals surface area contributed by atoms with Crippen LogP contribution in [0.3, 0.4) is 0 Å². The maximum absolute atomic E-state index is 13.9. The number of anilines is 1. The molecule has 0 unspecified atom stereocenters. The Morgan fingerprint density at radius 1 is 1.12 bits per heavy atom. The van der Waals surface area contributed by atoms with E-state index >= 15 is 0 Å². The van der Waals surface area contributed by atoms with Crippen molar-refractivity contribution < 1.29 is 45.8 Å². The number of carbonyl (C=O) groups is 2. The molecule has 1 aromatic heterocycles. The number of piperidine rings is 1. The number of halogens is 3. The molecule has 0 spiro atoms. The number of esters is 1. The van der Waals surface area contributed by atoms with Crippen molar-refractivity contribution in [2.45, 2.75) is 37.7 Å². The van der Waals surface area contributed by atoms with E-state index in [1.165, 1.54) is 29.6 Å². The molecule has 0 amide bonds. The highest BCUT2D eigenvalue weighted by Gasteiger charge is 2.37. The van der Waals surface area contributed by atoms with E-state index in [1.54, 1.807) is 31.2 Å². The van der Waals surface area contributed by atoms with Crippen LogP contribution in [0.25, 0.3) is 10.4 Å². The van der Waals surface area contributed by atoms with Gasteiger partial charge in [-0.2, -0.15) is 13.2 Å². The molecule has 0 radical (unpaired) electrons. The average Bonchev–Trinajstić information content (AvgIpc) is 3.27. The summed E-state index contributed by atoms with van der Waals surface area (Å²) in [4.78, 5) is 24.1. The zero-order valence-electron chi connectivity index (χ0n) is 22.7. The van der Waals surface area contributed by atoms with Crippen molar-refractivity contribution in [2.75, 3.05) is 31.1 Å². The highest BCUT2D eigenvalue weighted by Crippen LogP contribution is 2.43. The summed E-state index contributed by atoms with van der Waals surface area (Å²) in [6.07, 6.45) is -3.83. The zero-order valence-corrected chi connectivity index (χ0v) is 24.4. The van der Waals surface area contributed by atoms with Crippen LogP contribution >= 0.6 is 11.3 Å². The first-order chi connectivity index (χ1) is 19.8. The lowest BCUT2D eigenvalue weighted by Crippen LogP contribution is -2.46. The Labute approximate surface area is 244 Å².